The van der Waals surface area contributed by atoms with E-state index >= 15 is 0 Å². The van der Waals surface area contributed by atoms with Crippen LogP contribution in [0.25, 0.3) is 0 Å². The van der Waals surface area contributed by atoms with Gasteiger partial charge in [-0.1, -0.05) is 37.6 Å². The maximum absolute atomic E-state index is 5.78. The summed E-state index contributed by atoms with van der Waals surface area (Å²) in [4.78, 5) is 2.58. The molecular weight excluding hydrogens is 208 g/mol. The van der Waals surface area contributed by atoms with Gasteiger partial charge < -0.3 is 5.73 Å². The molecule has 0 spiro atoms. The highest BCUT2D eigenvalue weighted by molar-refractivity contribution is 5.26. The number of nitrogens with two attached hydrogens (primary N) is 1. The van der Waals surface area contributed by atoms with E-state index in [1.807, 2.05) is 0 Å². The first-order valence-electron chi connectivity index (χ1n) is 6.82. The summed E-state index contributed by atoms with van der Waals surface area (Å²) in [7, 11) is 0. The molecule has 2 rings (SSSR count). The molecule has 1 unspecified atom stereocenters. The Morgan fingerprint density at radius 1 is 1.29 bits per heavy atom. The van der Waals surface area contributed by atoms with Crippen LogP contribution in [0.1, 0.15) is 37.3 Å². The van der Waals surface area contributed by atoms with Crippen LogP contribution in [0.15, 0.2) is 24.3 Å². The van der Waals surface area contributed by atoms with Crippen molar-refractivity contribution in [2.75, 3.05) is 13.1 Å². The largest absolute Gasteiger partial charge is 0.326 e. The van der Waals surface area contributed by atoms with Gasteiger partial charge in [-0.25, -0.2) is 0 Å². The molecule has 1 aliphatic heterocycles. The fourth-order valence-corrected chi connectivity index (χ4v) is 2.85. The summed E-state index contributed by atoms with van der Waals surface area (Å²) in [6, 6.07) is 8.56. The first-order valence-corrected chi connectivity index (χ1v) is 6.82. The molecule has 0 amide bonds. The van der Waals surface area contributed by atoms with E-state index in [9.17, 15) is 0 Å². The van der Waals surface area contributed by atoms with E-state index in [0.29, 0.717) is 6.54 Å². The minimum atomic E-state index is 0.655. The van der Waals surface area contributed by atoms with Crippen LogP contribution in [-0.4, -0.2) is 18.0 Å². The lowest BCUT2D eigenvalue weighted by molar-refractivity contribution is 0.312. The average molecular weight is 232 g/mol. The van der Waals surface area contributed by atoms with Crippen LogP contribution in [0.2, 0.25) is 0 Å². The molecule has 0 aliphatic carbocycles. The second kappa shape index (κ2) is 6.18. The first-order chi connectivity index (χ1) is 8.33. The number of benzene rings is 1. The predicted octanol–water partition coefficient (Wildman–Crippen LogP) is 2.77. The molecule has 1 aromatic rings. The minimum absolute atomic E-state index is 0.655. The van der Waals surface area contributed by atoms with E-state index in [0.717, 1.165) is 12.5 Å². The summed E-state index contributed by atoms with van der Waals surface area (Å²) in [5, 5.41) is 0. The van der Waals surface area contributed by atoms with Gasteiger partial charge in [-0.05, 0) is 36.4 Å². The predicted molar refractivity (Wildman–Crippen MR) is 72.6 cm³/mol. The number of likely N-dealkylation sites (tertiary alicyclic amines) is 1. The Balaban J connectivity index is 1.93. The summed E-state index contributed by atoms with van der Waals surface area (Å²) in [6.45, 7) is 6.54. The van der Waals surface area contributed by atoms with Crippen molar-refractivity contribution in [2.24, 2.45) is 11.7 Å². The van der Waals surface area contributed by atoms with Crippen molar-refractivity contribution in [3.63, 3.8) is 0 Å². The van der Waals surface area contributed by atoms with Gasteiger partial charge in [-0.3, -0.25) is 4.90 Å². The zero-order chi connectivity index (χ0) is 12.1. The summed E-state index contributed by atoms with van der Waals surface area (Å²) < 4.78 is 0. The average Bonchev–Trinajstić information content (AvgIpc) is 2.78. The third-order valence-corrected chi connectivity index (χ3v) is 3.80. The smallest absolute Gasteiger partial charge is 0.0237 e. The highest BCUT2D eigenvalue weighted by Crippen LogP contribution is 2.23. The van der Waals surface area contributed by atoms with Gasteiger partial charge in [-0.15, -0.1) is 0 Å². The van der Waals surface area contributed by atoms with Crippen molar-refractivity contribution in [1.29, 1.82) is 0 Å². The summed E-state index contributed by atoms with van der Waals surface area (Å²) in [5.74, 6) is 0.921. The van der Waals surface area contributed by atoms with Crippen molar-refractivity contribution < 1.29 is 0 Å². The van der Waals surface area contributed by atoms with Crippen LogP contribution in [-0.2, 0) is 13.1 Å². The number of hydrogen-bond acceptors (Lipinski definition) is 2. The van der Waals surface area contributed by atoms with Crippen molar-refractivity contribution >= 4 is 0 Å². The topological polar surface area (TPSA) is 29.3 Å². The van der Waals surface area contributed by atoms with Crippen LogP contribution in [0.4, 0.5) is 0 Å². The minimum Gasteiger partial charge on any atom is -0.326 e. The van der Waals surface area contributed by atoms with E-state index < -0.39 is 0 Å². The van der Waals surface area contributed by atoms with Gasteiger partial charge in [0.15, 0.2) is 0 Å². The molecule has 2 heteroatoms. The first kappa shape index (κ1) is 12.6. The number of nitrogens with zero attached hydrogens (tertiary/aromatic N) is 1. The van der Waals surface area contributed by atoms with E-state index in [4.69, 9.17) is 5.73 Å². The highest BCUT2D eigenvalue weighted by Gasteiger charge is 2.21. The second-order valence-electron chi connectivity index (χ2n) is 5.15. The highest BCUT2D eigenvalue weighted by atomic mass is 15.1. The molecule has 0 aromatic heterocycles. The van der Waals surface area contributed by atoms with Crippen molar-refractivity contribution in [3.8, 4) is 0 Å². The van der Waals surface area contributed by atoms with Gasteiger partial charge in [-0.2, -0.15) is 0 Å². The van der Waals surface area contributed by atoms with Crippen molar-refractivity contribution in [3.05, 3.63) is 35.4 Å². The third-order valence-electron chi connectivity index (χ3n) is 3.80. The Hall–Kier alpha value is -0.860. The molecule has 2 N–H and O–H groups in total. The van der Waals surface area contributed by atoms with Crippen molar-refractivity contribution in [1.82, 2.24) is 4.90 Å². The monoisotopic (exact) mass is 232 g/mol. The number of rotatable bonds is 5. The molecular formula is C15H24N2. The van der Waals surface area contributed by atoms with Gasteiger partial charge in [0.25, 0.3) is 0 Å². The Bertz CT molecular complexity index is 349. The third kappa shape index (κ3) is 3.30. The molecule has 2 nitrogen and oxygen atoms in total. The second-order valence-corrected chi connectivity index (χ2v) is 5.15. The summed E-state index contributed by atoms with van der Waals surface area (Å²) in [6.07, 6.45) is 4.07. The molecule has 17 heavy (non-hydrogen) atoms. The lowest BCUT2D eigenvalue weighted by Gasteiger charge is -2.18. The molecule has 1 atom stereocenters. The Labute approximate surface area is 105 Å². The van der Waals surface area contributed by atoms with Crippen LogP contribution in [0.5, 0.6) is 0 Å². The molecule has 0 radical (unpaired) electrons. The Morgan fingerprint density at radius 2 is 2.06 bits per heavy atom. The maximum atomic E-state index is 5.78. The van der Waals surface area contributed by atoms with Gasteiger partial charge in [0, 0.05) is 19.6 Å². The van der Waals surface area contributed by atoms with E-state index in [1.54, 1.807) is 0 Å². The van der Waals surface area contributed by atoms with Crippen LogP contribution in [0.3, 0.4) is 0 Å². The van der Waals surface area contributed by atoms with E-state index in [-0.39, 0.29) is 0 Å². The molecule has 1 saturated heterocycles. The van der Waals surface area contributed by atoms with Gasteiger partial charge in [0.2, 0.25) is 0 Å². The fraction of sp³-hybridized carbons (Fsp3) is 0.600. The van der Waals surface area contributed by atoms with Gasteiger partial charge in [0.05, 0.1) is 0 Å². The Kier molecular flexibility index (Phi) is 4.57. The zero-order valence-corrected chi connectivity index (χ0v) is 10.9. The molecule has 1 aromatic carbocycles. The molecule has 1 aliphatic rings. The summed E-state index contributed by atoms with van der Waals surface area (Å²) >= 11 is 0. The summed E-state index contributed by atoms with van der Waals surface area (Å²) in [5.41, 5.74) is 8.49. The molecule has 1 heterocycles. The van der Waals surface area contributed by atoms with Crippen molar-refractivity contribution in [2.45, 2.75) is 39.3 Å². The van der Waals surface area contributed by atoms with E-state index in [1.165, 1.54) is 43.5 Å². The van der Waals surface area contributed by atoms with Crippen LogP contribution in [0, 0.1) is 5.92 Å². The SMILES string of the molecule is CCCC1CCN(Cc2ccccc2CN)C1. The lowest BCUT2D eigenvalue weighted by atomic mass is 10.0. The number of hydrogen-bond donors (Lipinski definition) is 1. The van der Waals surface area contributed by atoms with Gasteiger partial charge in [0.1, 0.15) is 0 Å². The molecule has 1 fully saturated rings. The lowest BCUT2D eigenvalue weighted by Crippen LogP contribution is -2.21. The van der Waals surface area contributed by atoms with E-state index in [2.05, 4.69) is 36.1 Å². The van der Waals surface area contributed by atoms with Gasteiger partial charge >= 0.3 is 0 Å². The fourth-order valence-electron chi connectivity index (χ4n) is 2.85. The standard InChI is InChI=1S/C15H24N2/c1-2-5-13-8-9-17(11-13)12-15-7-4-3-6-14(15)10-16/h3-4,6-7,13H,2,5,8-12,16H2,1H3. The normalized spacial score (nSPS) is 20.9. The zero-order valence-electron chi connectivity index (χ0n) is 10.9. The molecule has 0 bridgehead atoms. The maximum Gasteiger partial charge on any atom is 0.0237 e. The van der Waals surface area contributed by atoms with Crippen LogP contribution < -0.4 is 5.73 Å². The Morgan fingerprint density at radius 3 is 2.76 bits per heavy atom. The van der Waals surface area contributed by atoms with Crippen LogP contribution >= 0.6 is 0 Å². The quantitative estimate of drug-likeness (QED) is 0.846. The molecule has 94 valence electrons. The molecule has 0 saturated carbocycles.